The summed E-state index contributed by atoms with van der Waals surface area (Å²) in [7, 11) is 0. The summed E-state index contributed by atoms with van der Waals surface area (Å²) in [6.07, 6.45) is 5.02. The third-order valence-electron chi connectivity index (χ3n) is 3.43. The largest absolute Gasteiger partial charge is 0.352 e. The van der Waals surface area contributed by atoms with Crippen LogP contribution in [-0.2, 0) is 0 Å². The fourth-order valence-electron chi connectivity index (χ4n) is 2.24. The Labute approximate surface area is 151 Å². The van der Waals surface area contributed by atoms with E-state index in [1.807, 2.05) is 37.3 Å². The van der Waals surface area contributed by atoms with Gasteiger partial charge >= 0.3 is 6.03 Å². The Hall–Kier alpha value is -3.55. The summed E-state index contributed by atoms with van der Waals surface area (Å²) < 4.78 is 0. The lowest BCUT2D eigenvalue weighted by molar-refractivity contribution is 0.252. The van der Waals surface area contributed by atoms with Crippen molar-refractivity contribution in [2.75, 3.05) is 23.7 Å². The van der Waals surface area contributed by atoms with Crippen LogP contribution in [0.2, 0.25) is 0 Å². The predicted molar refractivity (Wildman–Crippen MR) is 99.7 cm³/mol. The Kier molecular flexibility index (Phi) is 5.66. The van der Waals surface area contributed by atoms with E-state index in [1.165, 1.54) is 0 Å². The number of urea groups is 1. The number of benzene rings is 1. The number of nitrogens with one attached hydrogen (secondary N) is 3. The molecule has 8 nitrogen and oxygen atoms in total. The van der Waals surface area contributed by atoms with Gasteiger partial charge in [0.05, 0.1) is 0 Å². The molecule has 2 heterocycles. The molecule has 0 spiro atoms. The third kappa shape index (κ3) is 4.97. The van der Waals surface area contributed by atoms with Crippen LogP contribution in [0.3, 0.4) is 0 Å². The van der Waals surface area contributed by atoms with Gasteiger partial charge in [-0.3, -0.25) is 0 Å². The molecule has 0 aliphatic carbocycles. The lowest BCUT2D eigenvalue weighted by atomic mass is 10.2. The van der Waals surface area contributed by atoms with Crippen molar-refractivity contribution >= 4 is 17.7 Å². The predicted octanol–water partition coefficient (Wildman–Crippen LogP) is 2.48. The van der Waals surface area contributed by atoms with Crippen LogP contribution < -0.4 is 16.0 Å². The summed E-state index contributed by atoms with van der Waals surface area (Å²) in [6.45, 7) is 2.87. The molecule has 3 N–H and O–H groups in total. The van der Waals surface area contributed by atoms with E-state index in [0.29, 0.717) is 30.5 Å². The fraction of sp³-hybridized carbons (Fsp3) is 0.167. The molecule has 0 aliphatic heterocycles. The second kappa shape index (κ2) is 8.52. The van der Waals surface area contributed by atoms with Crippen molar-refractivity contribution in [1.82, 2.24) is 25.3 Å². The molecule has 8 heteroatoms. The van der Waals surface area contributed by atoms with E-state index in [2.05, 4.69) is 35.9 Å². The summed E-state index contributed by atoms with van der Waals surface area (Å²) in [6, 6.07) is 10.7. The van der Waals surface area contributed by atoms with Gasteiger partial charge in [-0.2, -0.15) is 0 Å². The van der Waals surface area contributed by atoms with Crippen molar-refractivity contribution in [3.05, 3.63) is 60.7 Å². The number of hydrogen-bond acceptors (Lipinski definition) is 6. The third-order valence-corrected chi connectivity index (χ3v) is 3.43. The number of anilines is 2. The summed E-state index contributed by atoms with van der Waals surface area (Å²) in [5.74, 6) is 1.15. The van der Waals surface area contributed by atoms with Gasteiger partial charge in [-0.05, 0) is 31.2 Å². The van der Waals surface area contributed by atoms with E-state index in [-0.39, 0.29) is 6.03 Å². The highest BCUT2D eigenvalue weighted by molar-refractivity contribution is 5.89. The van der Waals surface area contributed by atoms with Gasteiger partial charge < -0.3 is 16.0 Å². The summed E-state index contributed by atoms with van der Waals surface area (Å²) in [4.78, 5) is 28.8. The lowest BCUT2D eigenvalue weighted by Gasteiger charge is -2.09. The Morgan fingerprint density at radius 2 is 1.85 bits per heavy atom. The van der Waals surface area contributed by atoms with Crippen molar-refractivity contribution in [3.8, 4) is 11.4 Å². The quantitative estimate of drug-likeness (QED) is 0.591. The van der Waals surface area contributed by atoms with Gasteiger partial charge in [-0.25, -0.2) is 24.7 Å². The molecule has 0 aliphatic rings. The maximum atomic E-state index is 12.0. The van der Waals surface area contributed by atoms with Crippen LogP contribution in [0.25, 0.3) is 11.4 Å². The average Bonchev–Trinajstić information content (AvgIpc) is 2.66. The second-order valence-corrected chi connectivity index (χ2v) is 5.48. The Bertz CT molecular complexity index is 870. The molecular weight excluding hydrogens is 330 g/mol. The molecule has 0 bridgehead atoms. The maximum absolute atomic E-state index is 12.0. The molecular formula is C18H19N7O. The van der Waals surface area contributed by atoms with Crippen LogP contribution in [-0.4, -0.2) is 39.1 Å². The van der Waals surface area contributed by atoms with Gasteiger partial charge in [0.15, 0.2) is 5.82 Å². The highest BCUT2D eigenvalue weighted by Crippen LogP contribution is 2.19. The first kappa shape index (κ1) is 17.3. The summed E-state index contributed by atoms with van der Waals surface area (Å²) in [5.41, 5.74) is 2.40. The van der Waals surface area contributed by atoms with Gasteiger partial charge in [0.1, 0.15) is 0 Å². The zero-order valence-electron chi connectivity index (χ0n) is 14.3. The lowest BCUT2D eigenvalue weighted by Crippen LogP contribution is -2.32. The van der Waals surface area contributed by atoms with Gasteiger partial charge in [0.25, 0.3) is 0 Å². The number of carbonyl (C=O) groups is 1. The molecule has 26 heavy (non-hydrogen) atoms. The molecule has 0 unspecified atom stereocenters. The first-order valence-electron chi connectivity index (χ1n) is 8.16. The van der Waals surface area contributed by atoms with E-state index in [0.717, 1.165) is 11.3 Å². The van der Waals surface area contributed by atoms with Crippen molar-refractivity contribution < 1.29 is 4.79 Å². The number of hydrogen-bond donors (Lipinski definition) is 3. The minimum absolute atomic E-state index is 0.289. The molecule has 2 aromatic heterocycles. The highest BCUT2D eigenvalue weighted by atomic mass is 16.2. The minimum Gasteiger partial charge on any atom is -0.352 e. The molecule has 132 valence electrons. The Balaban J connectivity index is 1.50. The van der Waals surface area contributed by atoms with Gasteiger partial charge in [0, 0.05) is 48.6 Å². The summed E-state index contributed by atoms with van der Waals surface area (Å²) >= 11 is 0. The number of nitrogens with zero attached hydrogens (tertiary/aromatic N) is 4. The van der Waals surface area contributed by atoms with Crippen LogP contribution in [0.4, 0.5) is 16.4 Å². The van der Waals surface area contributed by atoms with Gasteiger partial charge in [-0.15, -0.1) is 0 Å². The fourth-order valence-corrected chi connectivity index (χ4v) is 2.24. The number of amides is 2. The molecule has 0 fully saturated rings. The van der Waals surface area contributed by atoms with Crippen LogP contribution in [0, 0.1) is 6.92 Å². The van der Waals surface area contributed by atoms with Gasteiger partial charge in [0.2, 0.25) is 5.95 Å². The molecule has 3 aromatic rings. The standard InChI is InChI=1S/C18H19N7O/c1-13-6-9-19-16(24-13)14-4-2-5-15(12-14)25-18(26)23-11-10-22-17-20-7-3-8-21-17/h2-9,12H,10-11H2,1H3,(H,20,21,22)(H2,23,25,26). The average molecular weight is 349 g/mol. The molecule has 2 amide bonds. The summed E-state index contributed by atoms with van der Waals surface area (Å²) in [5, 5.41) is 8.59. The maximum Gasteiger partial charge on any atom is 0.319 e. The molecule has 0 radical (unpaired) electrons. The number of aryl methyl sites for hydroxylation is 1. The van der Waals surface area contributed by atoms with E-state index < -0.39 is 0 Å². The van der Waals surface area contributed by atoms with E-state index in [1.54, 1.807) is 24.7 Å². The normalized spacial score (nSPS) is 10.2. The highest BCUT2D eigenvalue weighted by Gasteiger charge is 2.05. The van der Waals surface area contributed by atoms with E-state index in [4.69, 9.17) is 0 Å². The zero-order chi connectivity index (χ0) is 18.2. The first-order valence-corrected chi connectivity index (χ1v) is 8.16. The zero-order valence-corrected chi connectivity index (χ0v) is 14.3. The monoisotopic (exact) mass is 349 g/mol. The number of carbonyl (C=O) groups excluding carboxylic acids is 1. The molecule has 0 atom stereocenters. The van der Waals surface area contributed by atoms with E-state index in [9.17, 15) is 4.79 Å². The SMILES string of the molecule is Cc1ccnc(-c2cccc(NC(=O)NCCNc3ncccn3)c2)n1. The van der Waals surface area contributed by atoms with Crippen molar-refractivity contribution in [2.45, 2.75) is 6.92 Å². The second-order valence-electron chi connectivity index (χ2n) is 5.48. The van der Waals surface area contributed by atoms with Crippen LogP contribution in [0.15, 0.2) is 55.0 Å². The topological polar surface area (TPSA) is 105 Å². The van der Waals surface area contributed by atoms with Crippen molar-refractivity contribution in [1.29, 1.82) is 0 Å². The molecule has 3 rings (SSSR count). The van der Waals surface area contributed by atoms with Crippen LogP contribution >= 0.6 is 0 Å². The number of aromatic nitrogens is 4. The number of rotatable bonds is 6. The molecule has 1 aromatic carbocycles. The van der Waals surface area contributed by atoms with Gasteiger partial charge in [-0.1, -0.05) is 12.1 Å². The Morgan fingerprint density at radius 3 is 2.65 bits per heavy atom. The van der Waals surface area contributed by atoms with Crippen LogP contribution in [0.1, 0.15) is 5.69 Å². The minimum atomic E-state index is -0.289. The first-order chi connectivity index (χ1) is 12.7. The smallest absolute Gasteiger partial charge is 0.319 e. The molecule has 0 saturated heterocycles. The van der Waals surface area contributed by atoms with Crippen LogP contribution in [0.5, 0.6) is 0 Å². The van der Waals surface area contributed by atoms with E-state index >= 15 is 0 Å². The Morgan fingerprint density at radius 1 is 1.00 bits per heavy atom. The van der Waals surface area contributed by atoms with Crippen molar-refractivity contribution in [3.63, 3.8) is 0 Å². The molecule has 0 saturated carbocycles. The van der Waals surface area contributed by atoms with Crippen molar-refractivity contribution in [2.24, 2.45) is 0 Å².